The molecule has 1 aromatic carbocycles. The van der Waals surface area contributed by atoms with E-state index in [0.29, 0.717) is 11.2 Å². The summed E-state index contributed by atoms with van der Waals surface area (Å²) in [5, 5.41) is 3.72. The lowest BCUT2D eigenvalue weighted by Crippen LogP contribution is -2.15. The number of thioether (sulfide) groups is 1. The van der Waals surface area contributed by atoms with Gasteiger partial charge in [-0.05, 0) is 50.1 Å². The monoisotopic (exact) mass is 269 g/mol. The zero-order chi connectivity index (χ0) is 13.9. The molecular weight excluding hydrogens is 245 g/mol. The van der Waals surface area contributed by atoms with Crippen molar-refractivity contribution in [1.29, 1.82) is 0 Å². The van der Waals surface area contributed by atoms with Gasteiger partial charge in [-0.2, -0.15) is 0 Å². The molecule has 18 heavy (non-hydrogen) atoms. The van der Waals surface area contributed by atoms with Crippen molar-refractivity contribution in [3.63, 3.8) is 0 Å². The lowest BCUT2D eigenvalue weighted by atomic mass is 10.1. The minimum Gasteiger partial charge on any atom is -0.313 e. The van der Waals surface area contributed by atoms with Gasteiger partial charge in [0.1, 0.15) is 5.82 Å². The fourth-order valence-corrected chi connectivity index (χ4v) is 2.89. The highest BCUT2D eigenvalue weighted by Crippen LogP contribution is 2.34. The second kappa shape index (κ2) is 6.58. The van der Waals surface area contributed by atoms with E-state index in [1.165, 1.54) is 4.90 Å². The molecule has 0 heterocycles. The predicted octanol–water partition coefficient (Wildman–Crippen LogP) is 4.55. The van der Waals surface area contributed by atoms with Gasteiger partial charge in [-0.1, -0.05) is 20.8 Å². The van der Waals surface area contributed by atoms with Gasteiger partial charge in [0.2, 0.25) is 0 Å². The van der Waals surface area contributed by atoms with Gasteiger partial charge < -0.3 is 5.32 Å². The first kappa shape index (κ1) is 15.5. The Kier molecular flexibility index (Phi) is 5.67. The quantitative estimate of drug-likeness (QED) is 0.787. The van der Waals surface area contributed by atoms with E-state index in [0.717, 1.165) is 11.1 Å². The molecule has 1 aromatic rings. The predicted molar refractivity (Wildman–Crippen MR) is 78.8 cm³/mol. The van der Waals surface area contributed by atoms with Crippen LogP contribution in [0.25, 0.3) is 0 Å². The van der Waals surface area contributed by atoms with Gasteiger partial charge in [-0.25, -0.2) is 4.39 Å². The highest BCUT2D eigenvalue weighted by atomic mass is 32.2. The Balaban J connectivity index is 3.11. The molecule has 0 bridgehead atoms. The molecule has 0 aliphatic carbocycles. The molecule has 0 aliphatic rings. The van der Waals surface area contributed by atoms with Crippen molar-refractivity contribution >= 4 is 11.8 Å². The summed E-state index contributed by atoms with van der Waals surface area (Å²) in [4.78, 5) is 1.19. The average molecular weight is 269 g/mol. The number of rotatable bonds is 5. The van der Waals surface area contributed by atoms with Gasteiger partial charge in [0.25, 0.3) is 0 Å². The summed E-state index contributed by atoms with van der Waals surface area (Å²) in [5.74, 6) is 0.492. The Morgan fingerprint density at radius 3 is 2.28 bits per heavy atom. The highest BCUT2D eigenvalue weighted by Gasteiger charge is 2.16. The van der Waals surface area contributed by atoms with E-state index in [4.69, 9.17) is 0 Å². The van der Waals surface area contributed by atoms with Gasteiger partial charge in [0, 0.05) is 16.2 Å². The van der Waals surface area contributed by atoms with Gasteiger partial charge in [-0.3, -0.25) is 0 Å². The van der Waals surface area contributed by atoms with E-state index in [2.05, 4.69) is 33.0 Å². The van der Waals surface area contributed by atoms with Gasteiger partial charge in [0.15, 0.2) is 0 Å². The molecule has 2 unspecified atom stereocenters. The van der Waals surface area contributed by atoms with E-state index in [-0.39, 0.29) is 11.9 Å². The first-order valence-corrected chi connectivity index (χ1v) is 7.38. The molecule has 0 saturated heterocycles. The highest BCUT2D eigenvalue weighted by molar-refractivity contribution is 8.00. The Morgan fingerprint density at radius 1 is 1.17 bits per heavy atom. The normalized spacial score (nSPS) is 14.9. The Labute approximate surface area is 115 Å². The lowest BCUT2D eigenvalue weighted by Gasteiger charge is -2.21. The Bertz CT molecular complexity index is 404. The molecule has 1 N–H and O–H groups in total. The number of hydrogen-bond acceptors (Lipinski definition) is 2. The van der Waals surface area contributed by atoms with E-state index < -0.39 is 0 Å². The van der Waals surface area contributed by atoms with Gasteiger partial charge in [-0.15, -0.1) is 11.8 Å². The molecule has 1 rings (SSSR count). The van der Waals surface area contributed by atoms with Crippen LogP contribution in [0.1, 0.15) is 44.9 Å². The summed E-state index contributed by atoms with van der Waals surface area (Å²) in [6.45, 7) is 10.5. The van der Waals surface area contributed by atoms with Crippen LogP contribution < -0.4 is 5.32 Å². The largest absolute Gasteiger partial charge is 0.313 e. The second-order valence-electron chi connectivity index (χ2n) is 5.22. The van der Waals surface area contributed by atoms with E-state index in [1.807, 2.05) is 31.8 Å². The molecule has 0 spiro atoms. The van der Waals surface area contributed by atoms with Crippen LogP contribution in [0.3, 0.4) is 0 Å². The molecule has 0 radical (unpaired) electrons. The van der Waals surface area contributed by atoms with Crippen molar-refractivity contribution in [2.24, 2.45) is 5.92 Å². The first-order valence-electron chi connectivity index (χ1n) is 6.50. The standard InChI is InChI=1S/C15H24FNS/c1-9(2)12(5)18-15-7-10(3)14(16)8-13(15)11(4)17-6/h7-9,11-12,17H,1-6H3. The van der Waals surface area contributed by atoms with Gasteiger partial charge >= 0.3 is 0 Å². The smallest absolute Gasteiger partial charge is 0.126 e. The SMILES string of the molecule is CNC(C)c1cc(F)c(C)cc1SC(C)C(C)C. The molecule has 1 nitrogen and oxygen atoms in total. The fourth-order valence-electron chi connectivity index (χ4n) is 1.60. The average Bonchev–Trinajstić information content (AvgIpc) is 2.32. The maximum atomic E-state index is 13.7. The molecule has 0 aliphatic heterocycles. The van der Waals surface area contributed by atoms with Crippen LogP contribution in [0.2, 0.25) is 0 Å². The summed E-state index contributed by atoms with van der Waals surface area (Å²) in [7, 11) is 1.91. The van der Waals surface area contributed by atoms with Crippen molar-refractivity contribution in [3.05, 3.63) is 29.1 Å². The zero-order valence-electron chi connectivity index (χ0n) is 12.2. The molecule has 0 aromatic heterocycles. The van der Waals surface area contributed by atoms with E-state index >= 15 is 0 Å². The fraction of sp³-hybridized carbons (Fsp3) is 0.600. The first-order chi connectivity index (χ1) is 8.36. The summed E-state index contributed by atoms with van der Waals surface area (Å²) >= 11 is 1.84. The van der Waals surface area contributed by atoms with Gasteiger partial charge in [0.05, 0.1) is 0 Å². The number of aryl methyl sites for hydroxylation is 1. The molecule has 3 heteroatoms. The minimum absolute atomic E-state index is 0.117. The molecule has 2 atom stereocenters. The third-order valence-electron chi connectivity index (χ3n) is 3.44. The molecule has 102 valence electrons. The summed E-state index contributed by atoms with van der Waals surface area (Å²) < 4.78 is 13.7. The van der Waals surface area contributed by atoms with Crippen LogP contribution in [0.4, 0.5) is 4.39 Å². The molecule has 0 saturated carbocycles. The maximum Gasteiger partial charge on any atom is 0.126 e. The summed E-state index contributed by atoms with van der Waals surface area (Å²) in [6, 6.07) is 3.82. The molecule has 0 fully saturated rings. The molecule has 0 amide bonds. The molecular formula is C15H24FNS. The number of halogens is 1. The zero-order valence-corrected chi connectivity index (χ0v) is 13.0. The van der Waals surface area contributed by atoms with Crippen molar-refractivity contribution in [3.8, 4) is 0 Å². The van der Waals surface area contributed by atoms with Crippen LogP contribution in [0.5, 0.6) is 0 Å². The van der Waals surface area contributed by atoms with E-state index in [1.54, 1.807) is 6.07 Å². The Hall–Kier alpha value is -0.540. The number of benzene rings is 1. The second-order valence-corrected chi connectivity index (χ2v) is 6.64. The summed E-state index contributed by atoms with van der Waals surface area (Å²) in [5.41, 5.74) is 1.78. The van der Waals surface area contributed by atoms with Crippen LogP contribution in [0.15, 0.2) is 17.0 Å². The number of nitrogens with one attached hydrogen (secondary N) is 1. The third kappa shape index (κ3) is 3.72. The van der Waals surface area contributed by atoms with Crippen molar-refractivity contribution in [1.82, 2.24) is 5.32 Å². The maximum absolute atomic E-state index is 13.7. The van der Waals surface area contributed by atoms with Crippen molar-refractivity contribution in [2.45, 2.75) is 50.8 Å². The topological polar surface area (TPSA) is 12.0 Å². The lowest BCUT2D eigenvalue weighted by molar-refractivity contribution is 0.593. The third-order valence-corrected chi connectivity index (χ3v) is 4.97. The number of hydrogen-bond donors (Lipinski definition) is 1. The van der Waals surface area contributed by atoms with Crippen LogP contribution in [0, 0.1) is 18.7 Å². The Morgan fingerprint density at radius 2 is 1.78 bits per heavy atom. The van der Waals surface area contributed by atoms with Crippen LogP contribution in [-0.2, 0) is 0 Å². The minimum atomic E-state index is -0.117. The van der Waals surface area contributed by atoms with Crippen molar-refractivity contribution < 1.29 is 4.39 Å². The van der Waals surface area contributed by atoms with Crippen LogP contribution >= 0.6 is 11.8 Å². The van der Waals surface area contributed by atoms with Crippen molar-refractivity contribution in [2.75, 3.05) is 7.05 Å². The summed E-state index contributed by atoms with van der Waals surface area (Å²) in [6.07, 6.45) is 0. The van der Waals surface area contributed by atoms with Crippen LogP contribution in [-0.4, -0.2) is 12.3 Å². The van der Waals surface area contributed by atoms with E-state index in [9.17, 15) is 4.39 Å².